The molecule has 4 nitrogen and oxygen atoms in total. The van der Waals surface area contributed by atoms with Gasteiger partial charge in [0.2, 0.25) is 0 Å². The van der Waals surface area contributed by atoms with E-state index in [1.807, 2.05) is 0 Å². The fraction of sp³-hybridized carbons (Fsp3) is 0.300. The number of nitrogens with one attached hydrogen (secondary N) is 1. The summed E-state index contributed by atoms with van der Waals surface area (Å²) in [5, 5.41) is 7.82. The van der Waals surface area contributed by atoms with Gasteiger partial charge in [-0.2, -0.15) is 0 Å². The summed E-state index contributed by atoms with van der Waals surface area (Å²) in [6.45, 7) is 3.52. The minimum absolute atomic E-state index is 0.0700. The highest BCUT2D eigenvalue weighted by molar-refractivity contribution is 7.90. The van der Waals surface area contributed by atoms with Crippen LogP contribution in [0.3, 0.4) is 0 Å². The highest BCUT2D eigenvalue weighted by Crippen LogP contribution is 2.31. The van der Waals surface area contributed by atoms with E-state index in [2.05, 4.69) is 0 Å². The van der Waals surface area contributed by atoms with E-state index in [9.17, 15) is 8.42 Å². The highest BCUT2D eigenvalue weighted by atomic mass is 32.2. The molecule has 1 heterocycles. The van der Waals surface area contributed by atoms with E-state index in [0.29, 0.717) is 5.56 Å². The van der Waals surface area contributed by atoms with Gasteiger partial charge in [0.25, 0.3) is 10.0 Å². The molecule has 1 aromatic rings. The second-order valence-corrected chi connectivity index (χ2v) is 5.52. The van der Waals surface area contributed by atoms with Gasteiger partial charge in [-0.15, -0.1) is 0 Å². The molecule has 0 aliphatic carbocycles. The molecule has 2 rings (SSSR count). The van der Waals surface area contributed by atoms with Crippen LogP contribution >= 0.6 is 0 Å². The molecular formula is C10H12N2O2S. The van der Waals surface area contributed by atoms with Crippen LogP contribution in [0.4, 0.5) is 0 Å². The Labute approximate surface area is 89.1 Å². The van der Waals surface area contributed by atoms with Crippen molar-refractivity contribution in [3.05, 3.63) is 29.8 Å². The molecule has 1 aliphatic rings. The van der Waals surface area contributed by atoms with Gasteiger partial charge in [0.1, 0.15) is 5.84 Å². The first-order valence-corrected chi connectivity index (χ1v) is 6.12. The summed E-state index contributed by atoms with van der Waals surface area (Å²) >= 11 is 0. The van der Waals surface area contributed by atoms with Crippen molar-refractivity contribution in [1.82, 2.24) is 4.31 Å². The molecule has 5 heteroatoms. The third-order valence-corrected chi connectivity index (χ3v) is 4.40. The van der Waals surface area contributed by atoms with Crippen LogP contribution in [-0.4, -0.2) is 24.6 Å². The van der Waals surface area contributed by atoms with Gasteiger partial charge in [-0.25, -0.2) is 12.7 Å². The van der Waals surface area contributed by atoms with Crippen LogP contribution in [0, 0.1) is 5.41 Å². The molecule has 1 N–H and O–H groups in total. The first kappa shape index (κ1) is 10.2. The van der Waals surface area contributed by atoms with E-state index in [4.69, 9.17) is 5.41 Å². The molecule has 80 valence electrons. The van der Waals surface area contributed by atoms with Crippen molar-refractivity contribution in [3.63, 3.8) is 0 Å². The van der Waals surface area contributed by atoms with E-state index in [1.165, 1.54) is 0 Å². The Morgan fingerprint density at radius 1 is 1.27 bits per heavy atom. The predicted molar refractivity (Wildman–Crippen MR) is 57.4 cm³/mol. The summed E-state index contributed by atoms with van der Waals surface area (Å²) in [5.74, 6) is 0.0700. The minimum Gasteiger partial charge on any atom is -0.283 e. The standard InChI is InChI=1S/C10H12N2O2S/c1-7(2)12-10(11)8-5-3-4-6-9(8)15(12,13)14/h3-7,11H,1-2H3. The normalized spacial score (nSPS) is 18.3. The van der Waals surface area contributed by atoms with Crippen molar-refractivity contribution < 1.29 is 8.42 Å². The van der Waals surface area contributed by atoms with Gasteiger partial charge >= 0.3 is 0 Å². The Morgan fingerprint density at radius 3 is 2.40 bits per heavy atom. The summed E-state index contributed by atoms with van der Waals surface area (Å²) in [7, 11) is -3.49. The molecule has 0 bridgehead atoms. The average molecular weight is 224 g/mol. The molecule has 1 aromatic carbocycles. The topological polar surface area (TPSA) is 61.2 Å². The number of hydrogen-bond donors (Lipinski definition) is 1. The number of benzene rings is 1. The largest absolute Gasteiger partial charge is 0.283 e. The molecule has 0 unspecified atom stereocenters. The number of nitrogens with zero attached hydrogens (tertiary/aromatic N) is 1. The summed E-state index contributed by atoms with van der Waals surface area (Å²) in [6.07, 6.45) is 0. The lowest BCUT2D eigenvalue weighted by molar-refractivity contribution is 0.478. The van der Waals surface area contributed by atoms with Gasteiger partial charge in [0.05, 0.1) is 4.90 Å². The third kappa shape index (κ3) is 1.26. The summed E-state index contributed by atoms with van der Waals surface area (Å²) in [5.41, 5.74) is 0.492. The molecule has 0 aromatic heterocycles. The Morgan fingerprint density at radius 2 is 1.87 bits per heavy atom. The predicted octanol–water partition coefficient (Wildman–Crippen LogP) is 1.42. The van der Waals surface area contributed by atoms with Crippen molar-refractivity contribution in [2.24, 2.45) is 0 Å². The average Bonchev–Trinajstić information content (AvgIpc) is 2.36. The second-order valence-electron chi connectivity index (χ2n) is 3.74. The van der Waals surface area contributed by atoms with Crippen LogP contribution in [0.1, 0.15) is 19.4 Å². The van der Waals surface area contributed by atoms with Gasteiger partial charge in [-0.3, -0.25) is 5.41 Å². The van der Waals surface area contributed by atoms with Crippen molar-refractivity contribution >= 4 is 15.9 Å². The molecule has 0 amide bonds. The van der Waals surface area contributed by atoms with Gasteiger partial charge in [0.15, 0.2) is 0 Å². The molecular weight excluding hydrogens is 212 g/mol. The van der Waals surface area contributed by atoms with E-state index < -0.39 is 10.0 Å². The third-order valence-electron chi connectivity index (χ3n) is 2.37. The van der Waals surface area contributed by atoms with Crippen LogP contribution < -0.4 is 0 Å². The zero-order valence-electron chi connectivity index (χ0n) is 8.56. The number of sulfonamides is 1. The van der Waals surface area contributed by atoms with Crippen LogP contribution in [0.5, 0.6) is 0 Å². The fourth-order valence-electron chi connectivity index (χ4n) is 1.77. The number of amidine groups is 1. The SMILES string of the molecule is CC(C)N1C(=N)c2ccccc2S1(=O)=O. The van der Waals surface area contributed by atoms with Crippen molar-refractivity contribution in [1.29, 1.82) is 5.41 Å². The Bertz CT molecular complexity index is 520. The van der Waals surface area contributed by atoms with Crippen LogP contribution in [0.25, 0.3) is 0 Å². The number of hydrogen-bond acceptors (Lipinski definition) is 3. The highest BCUT2D eigenvalue weighted by Gasteiger charge is 2.39. The number of fused-ring (bicyclic) bond motifs is 1. The van der Waals surface area contributed by atoms with Crippen molar-refractivity contribution in [2.45, 2.75) is 24.8 Å². The fourth-order valence-corrected chi connectivity index (χ4v) is 3.57. The quantitative estimate of drug-likeness (QED) is 0.784. The Balaban J connectivity index is 2.71. The van der Waals surface area contributed by atoms with E-state index in [1.54, 1.807) is 38.1 Å². The van der Waals surface area contributed by atoms with E-state index >= 15 is 0 Å². The van der Waals surface area contributed by atoms with Crippen molar-refractivity contribution in [3.8, 4) is 0 Å². The lowest BCUT2D eigenvalue weighted by atomic mass is 10.2. The first-order valence-electron chi connectivity index (χ1n) is 4.68. The zero-order chi connectivity index (χ0) is 11.2. The van der Waals surface area contributed by atoms with E-state index in [-0.39, 0.29) is 16.8 Å². The van der Waals surface area contributed by atoms with E-state index in [0.717, 1.165) is 4.31 Å². The molecule has 0 atom stereocenters. The van der Waals surface area contributed by atoms with Crippen LogP contribution in [0.2, 0.25) is 0 Å². The van der Waals surface area contributed by atoms with Gasteiger partial charge < -0.3 is 0 Å². The molecule has 1 aliphatic heterocycles. The molecule has 0 spiro atoms. The molecule has 15 heavy (non-hydrogen) atoms. The maximum absolute atomic E-state index is 12.0. The summed E-state index contributed by atoms with van der Waals surface area (Å²) in [6, 6.07) is 6.40. The monoisotopic (exact) mass is 224 g/mol. The zero-order valence-corrected chi connectivity index (χ0v) is 9.38. The van der Waals surface area contributed by atoms with Gasteiger partial charge in [-0.05, 0) is 26.0 Å². The molecule has 0 radical (unpaired) electrons. The number of rotatable bonds is 1. The Kier molecular flexibility index (Phi) is 2.08. The second kappa shape index (κ2) is 3.06. The maximum Gasteiger partial charge on any atom is 0.266 e. The van der Waals surface area contributed by atoms with Gasteiger partial charge in [0, 0.05) is 11.6 Å². The van der Waals surface area contributed by atoms with Gasteiger partial charge in [-0.1, -0.05) is 12.1 Å². The lowest BCUT2D eigenvalue weighted by Gasteiger charge is -2.20. The summed E-state index contributed by atoms with van der Waals surface area (Å²) in [4.78, 5) is 0.240. The van der Waals surface area contributed by atoms with Crippen molar-refractivity contribution in [2.75, 3.05) is 0 Å². The van der Waals surface area contributed by atoms with Crippen LogP contribution in [0.15, 0.2) is 29.2 Å². The molecule has 0 fully saturated rings. The Hall–Kier alpha value is -1.36. The lowest BCUT2D eigenvalue weighted by Crippen LogP contribution is -2.36. The smallest absolute Gasteiger partial charge is 0.266 e. The maximum atomic E-state index is 12.0. The first-order chi connectivity index (χ1) is 6.96. The molecule has 0 saturated carbocycles. The minimum atomic E-state index is -3.49. The van der Waals surface area contributed by atoms with Crippen LogP contribution in [-0.2, 0) is 10.0 Å². The molecule has 0 saturated heterocycles. The summed E-state index contributed by atoms with van der Waals surface area (Å²) < 4.78 is 25.2.